The van der Waals surface area contributed by atoms with Gasteiger partial charge in [-0.05, 0) is 37.1 Å². The first-order chi connectivity index (χ1) is 17.6. The van der Waals surface area contributed by atoms with Gasteiger partial charge in [-0.25, -0.2) is 13.6 Å². The molecule has 4 aromatic rings. The fourth-order valence-electron chi connectivity index (χ4n) is 4.96. The van der Waals surface area contributed by atoms with Crippen LogP contribution in [0.15, 0.2) is 30.5 Å². The fourth-order valence-corrected chi connectivity index (χ4v) is 4.96. The maximum Gasteiger partial charge on any atom is 0.244 e. The Balaban J connectivity index is 1.29. The first-order valence-corrected chi connectivity index (χ1v) is 12.2. The van der Waals surface area contributed by atoms with Crippen LogP contribution in [0.4, 0.5) is 10.3 Å². The van der Waals surface area contributed by atoms with Crippen LogP contribution in [0.25, 0.3) is 27.7 Å². The number of piperidine rings is 1. The summed E-state index contributed by atoms with van der Waals surface area (Å²) < 4.78 is 29.3. The number of likely N-dealkylation sites (tertiary alicyclic amines) is 1. The summed E-state index contributed by atoms with van der Waals surface area (Å²) in [7, 11) is 1.56. The molecule has 3 aromatic heterocycles. The van der Waals surface area contributed by atoms with E-state index >= 15 is 0 Å². The van der Waals surface area contributed by atoms with Crippen LogP contribution < -0.4 is 10.1 Å². The highest BCUT2D eigenvalue weighted by molar-refractivity contribution is 5.89. The predicted octanol–water partition coefficient (Wildman–Crippen LogP) is 1.93. The Bertz CT molecular complexity index is 1390. The van der Waals surface area contributed by atoms with Crippen molar-refractivity contribution in [3.63, 3.8) is 0 Å². The van der Waals surface area contributed by atoms with Crippen molar-refractivity contribution in [1.82, 2.24) is 34.5 Å². The summed E-state index contributed by atoms with van der Waals surface area (Å²) >= 11 is 0. The lowest BCUT2D eigenvalue weighted by molar-refractivity contribution is -0.0794. The molecule has 2 N–H and O–H groups in total. The molecule has 0 amide bonds. The molecule has 3 atom stereocenters. The van der Waals surface area contributed by atoms with Gasteiger partial charge >= 0.3 is 0 Å². The van der Waals surface area contributed by atoms with E-state index in [2.05, 4.69) is 30.6 Å². The zero-order chi connectivity index (χ0) is 24.8. The minimum absolute atomic E-state index is 0.0386. The summed E-state index contributed by atoms with van der Waals surface area (Å²) in [6, 6.07) is 7.54. The summed E-state index contributed by atoms with van der Waals surface area (Å²) in [4.78, 5) is 6.73. The molecule has 190 valence electrons. The molecular formula is C24H29FN8O3. The standard InChI is InChI=1S/C24H29FN8O3/c1-14(11-34)33-21-9-15(3-4-20(21)28-30-33)17-5-8-32-22(17)23(35-2)27-24(29-32)26-19-6-7-31(10-18(19)25)16-12-36-13-16/h3-5,8-9,14,16,18-19,34H,6-7,10-13H2,1-2H3,(H,26,29)/t14-,18-,19+/m1/s1. The molecule has 2 saturated heterocycles. The molecule has 36 heavy (non-hydrogen) atoms. The maximum absolute atomic E-state index is 15.0. The van der Waals surface area contributed by atoms with Crippen molar-refractivity contribution in [2.45, 2.75) is 37.6 Å². The lowest BCUT2D eigenvalue weighted by Gasteiger charge is -2.42. The molecule has 2 aliphatic rings. The van der Waals surface area contributed by atoms with Gasteiger partial charge in [0.25, 0.3) is 0 Å². The monoisotopic (exact) mass is 496 g/mol. The molecule has 5 heterocycles. The van der Waals surface area contributed by atoms with Crippen LogP contribution in [0.2, 0.25) is 0 Å². The second-order valence-electron chi connectivity index (χ2n) is 9.48. The van der Waals surface area contributed by atoms with E-state index in [1.54, 1.807) is 16.3 Å². The van der Waals surface area contributed by atoms with Crippen molar-refractivity contribution in [1.29, 1.82) is 0 Å². The first kappa shape index (κ1) is 23.1. The van der Waals surface area contributed by atoms with Gasteiger partial charge in [-0.1, -0.05) is 11.3 Å². The third kappa shape index (κ3) is 3.94. The molecular weight excluding hydrogens is 467 g/mol. The number of fused-ring (bicyclic) bond motifs is 2. The van der Waals surface area contributed by atoms with Crippen molar-refractivity contribution in [3.05, 3.63) is 30.5 Å². The topological polar surface area (TPSA) is 115 Å². The van der Waals surface area contributed by atoms with Gasteiger partial charge in [0.1, 0.15) is 17.2 Å². The number of nitrogens with one attached hydrogen (secondary N) is 1. The number of nitrogens with zero attached hydrogens (tertiary/aromatic N) is 7. The normalized spacial score (nSPS) is 22.1. The average Bonchev–Trinajstić information content (AvgIpc) is 3.47. The van der Waals surface area contributed by atoms with E-state index in [1.165, 1.54) is 0 Å². The summed E-state index contributed by atoms with van der Waals surface area (Å²) in [5.41, 5.74) is 4.06. The molecule has 0 spiro atoms. The summed E-state index contributed by atoms with van der Waals surface area (Å²) in [6.07, 6.45) is 1.46. The minimum Gasteiger partial charge on any atom is -0.479 e. The first-order valence-electron chi connectivity index (χ1n) is 12.2. The van der Waals surface area contributed by atoms with E-state index in [-0.39, 0.29) is 18.7 Å². The molecule has 0 radical (unpaired) electrons. The number of aliphatic hydroxyl groups is 1. The molecule has 12 heteroatoms. The lowest BCUT2D eigenvalue weighted by Crippen LogP contribution is -2.57. The zero-order valence-electron chi connectivity index (χ0n) is 20.2. The van der Waals surface area contributed by atoms with Gasteiger partial charge in [0.05, 0.1) is 50.6 Å². The molecule has 0 aliphatic carbocycles. The third-order valence-electron chi connectivity index (χ3n) is 7.16. The summed E-state index contributed by atoms with van der Waals surface area (Å²) in [5.74, 6) is 0.714. The number of hydrogen-bond donors (Lipinski definition) is 2. The van der Waals surface area contributed by atoms with E-state index in [9.17, 15) is 9.50 Å². The van der Waals surface area contributed by atoms with Gasteiger partial charge in [0.15, 0.2) is 0 Å². The van der Waals surface area contributed by atoms with Crippen LogP contribution in [-0.4, -0.2) is 97.9 Å². The average molecular weight is 497 g/mol. The van der Waals surface area contributed by atoms with Gasteiger partial charge in [0, 0.05) is 24.8 Å². The highest BCUT2D eigenvalue weighted by atomic mass is 19.1. The number of ether oxygens (including phenoxy) is 2. The SMILES string of the molecule is COc1nc(N[C@H]2CCN(C3COC3)C[C@H]2F)nn2ccc(-c3ccc4nnn([C@H](C)CO)c4c3)c12. The van der Waals surface area contributed by atoms with Crippen molar-refractivity contribution in [3.8, 4) is 17.0 Å². The van der Waals surface area contributed by atoms with Crippen molar-refractivity contribution >= 4 is 22.5 Å². The Kier molecular flexibility index (Phi) is 5.94. The molecule has 2 fully saturated rings. The Morgan fingerprint density at radius 2 is 2.17 bits per heavy atom. The van der Waals surface area contributed by atoms with E-state index in [1.807, 2.05) is 37.4 Å². The van der Waals surface area contributed by atoms with Crippen molar-refractivity contribution < 1.29 is 19.0 Å². The molecule has 6 rings (SSSR count). The second kappa shape index (κ2) is 9.26. The van der Waals surface area contributed by atoms with Crippen LogP contribution in [0.1, 0.15) is 19.4 Å². The van der Waals surface area contributed by atoms with Gasteiger partial charge in [-0.2, -0.15) is 4.98 Å². The number of hydrogen-bond acceptors (Lipinski definition) is 9. The number of halogens is 1. The van der Waals surface area contributed by atoms with Gasteiger partial charge < -0.3 is 19.9 Å². The van der Waals surface area contributed by atoms with Crippen LogP contribution in [0, 0.1) is 0 Å². The number of benzene rings is 1. The third-order valence-corrected chi connectivity index (χ3v) is 7.16. The Hall–Kier alpha value is -3.35. The maximum atomic E-state index is 15.0. The van der Waals surface area contributed by atoms with Crippen molar-refractivity contribution in [2.24, 2.45) is 0 Å². The van der Waals surface area contributed by atoms with Crippen LogP contribution >= 0.6 is 0 Å². The molecule has 2 aliphatic heterocycles. The lowest BCUT2D eigenvalue weighted by atomic mass is 10.0. The fraction of sp³-hybridized carbons (Fsp3) is 0.500. The van der Waals surface area contributed by atoms with E-state index in [0.29, 0.717) is 49.6 Å². The summed E-state index contributed by atoms with van der Waals surface area (Å²) in [5, 5.41) is 25.8. The Morgan fingerprint density at radius 3 is 2.89 bits per heavy atom. The predicted molar refractivity (Wildman–Crippen MR) is 131 cm³/mol. The van der Waals surface area contributed by atoms with E-state index in [4.69, 9.17) is 9.47 Å². The van der Waals surface area contributed by atoms with E-state index < -0.39 is 6.17 Å². The Morgan fingerprint density at radius 1 is 1.31 bits per heavy atom. The highest BCUT2D eigenvalue weighted by Crippen LogP contribution is 2.33. The van der Waals surface area contributed by atoms with Crippen molar-refractivity contribution in [2.75, 3.05) is 45.3 Å². The van der Waals surface area contributed by atoms with Crippen LogP contribution in [0.5, 0.6) is 5.88 Å². The second-order valence-corrected chi connectivity index (χ2v) is 9.48. The summed E-state index contributed by atoms with van der Waals surface area (Å²) in [6.45, 7) is 4.40. The number of alkyl halides is 1. The Labute approximate surface area is 206 Å². The smallest absolute Gasteiger partial charge is 0.244 e. The molecule has 0 unspecified atom stereocenters. The number of methoxy groups -OCH3 is 1. The van der Waals surface area contributed by atoms with Gasteiger partial charge in [0.2, 0.25) is 11.8 Å². The van der Waals surface area contributed by atoms with Gasteiger partial charge in [-0.3, -0.25) is 4.90 Å². The number of aliphatic hydroxyl groups excluding tert-OH is 1. The zero-order valence-corrected chi connectivity index (χ0v) is 20.2. The number of rotatable bonds is 7. The molecule has 1 aromatic carbocycles. The van der Waals surface area contributed by atoms with Gasteiger partial charge in [-0.15, -0.1) is 10.2 Å². The number of anilines is 1. The highest BCUT2D eigenvalue weighted by Gasteiger charge is 2.35. The van der Waals surface area contributed by atoms with Crippen LogP contribution in [-0.2, 0) is 4.74 Å². The molecule has 11 nitrogen and oxygen atoms in total. The minimum atomic E-state index is -1.03. The van der Waals surface area contributed by atoms with E-state index in [0.717, 1.165) is 28.7 Å². The largest absolute Gasteiger partial charge is 0.479 e. The molecule has 0 saturated carbocycles. The van der Waals surface area contributed by atoms with Crippen LogP contribution in [0.3, 0.4) is 0 Å². The quantitative estimate of drug-likeness (QED) is 0.396. The molecule has 0 bridgehead atoms. The number of aromatic nitrogens is 6.